The minimum absolute atomic E-state index is 0.205. The molecule has 0 aromatic carbocycles. The average molecular weight is 619 g/mol. The Kier molecular flexibility index (Phi) is 11.9. The Labute approximate surface area is 228 Å². The third-order valence-electron chi connectivity index (χ3n) is 7.05. The van der Waals surface area contributed by atoms with Gasteiger partial charge in [0.2, 0.25) is 0 Å². The normalized spacial score (nSPS) is 16.4. The van der Waals surface area contributed by atoms with Crippen LogP contribution in [0, 0.1) is 0 Å². The summed E-state index contributed by atoms with van der Waals surface area (Å²) in [6, 6.07) is 0. The van der Waals surface area contributed by atoms with Gasteiger partial charge in [-0.05, 0) is 74.1 Å². The second-order valence-corrected chi connectivity index (χ2v) is 21.7. The van der Waals surface area contributed by atoms with E-state index in [4.69, 9.17) is 11.1 Å². The lowest BCUT2D eigenvalue weighted by molar-refractivity contribution is 0.00319. The number of rotatable bonds is 5. The smallest absolute Gasteiger partial charge is 0.359 e. The molecule has 0 aromatic rings. The van der Waals surface area contributed by atoms with Gasteiger partial charge in [-0.15, -0.1) is 9.58 Å². The molecule has 222 valence electrons. The van der Waals surface area contributed by atoms with Gasteiger partial charge in [0.15, 0.2) is 0 Å². The molecule has 1 saturated carbocycles. The van der Waals surface area contributed by atoms with Gasteiger partial charge >= 0.3 is 8.75 Å². The van der Waals surface area contributed by atoms with E-state index in [-0.39, 0.29) is 12.8 Å². The minimum atomic E-state index is -4.24. The van der Waals surface area contributed by atoms with E-state index in [0.29, 0.717) is 12.8 Å². The van der Waals surface area contributed by atoms with Crippen LogP contribution < -0.4 is 0 Å². The molecule has 0 atom stereocenters. The van der Waals surface area contributed by atoms with Crippen molar-refractivity contribution in [2.24, 2.45) is 0 Å². The Balaban J connectivity index is 0.000000721. The van der Waals surface area contributed by atoms with Crippen molar-refractivity contribution in [2.75, 3.05) is 0 Å². The third kappa shape index (κ3) is 7.19. The molecule has 38 heavy (non-hydrogen) atoms. The Bertz CT molecular complexity index is 1350. The second kappa shape index (κ2) is 12.4. The zero-order chi connectivity index (χ0) is 30.6. The lowest BCUT2D eigenvalue weighted by Crippen LogP contribution is -2.46. The van der Waals surface area contributed by atoms with Gasteiger partial charge in [0.1, 0.15) is 0 Å². The van der Waals surface area contributed by atoms with Crippen molar-refractivity contribution in [3.05, 3.63) is 11.1 Å². The first kappa shape index (κ1) is 36.6. The van der Waals surface area contributed by atoms with Gasteiger partial charge in [-0.3, -0.25) is 0 Å². The van der Waals surface area contributed by atoms with Crippen LogP contribution in [0.3, 0.4) is 0 Å². The van der Waals surface area contributed by atoms with Crippen LogP contribution in [0.5, 0.6) is 0 Å². The second-order valence-electron chi connectivity index (χ2n) is 11.4. The van der Waals surface area contributed by atoms with E-state index in [1.54, 1.807) is 13.8 Å². The SMILES string of the molecule is CC(C)(C)S(=O)(=O)C(=[N+]=[N-])S(=O)(=O)C1CCCCC1.CCC(C)(C)S(=O)(=O)C(=[N+]=[N-])S(=O)(=O)C(C)(C)CC. The van der Waals surface area contributed by atoms with Gasteiger partial charge in [0, 0.05) is 0 Å². The fraction of sp³-hybridized carbons (Fsp3) is 0.909. The van der Waals surface area contributed by atoms with Gasteiger partial charge < -0.3 is 11.1 Å². The van der Waals surface area contributed by atoms with Crippen molar-refractivity contribution in [3.63, 3.8) is 0 Å². The zero-order valence-corrected chi connectivity index (χ0v) is 27.0. The van der Waals surface area contributed by atoms with Crippen LogP contribution in [0.2, 0.25) is 0 Å². The number of hydrogen-bond donors (Lipinski definition) is 0. The first-order chi connectivity index (χ1) is 16.9. The highest BCUT2D eigenvalue weighted by Crippen LogP contribution is 2.30. The largest absolute Gasteiger partial charge is 0.496 e. The Hall–Kier alpha value is -1.44. The van der Waals surface area contributed by atoms with Crippen molar-refractivity contribution in [2.45, 2.75) is 127 Å². The van der Waals surface area contributed by atoms with Crippen LogP contribution in [0.1, 0.15) is 107 Å². The van der Waals surface area contributed by atoms with Crippen LogP contribution in [0.25, 0.3) is 11.1 Å². The Morgan fingerprint density at radius 3 is 1.24 bits per heavy atom. The summed E-state index contributed by atoms with van der Waals surface area (Å²) in [6.07, 6.45) is 3.69. The summed E-state index contributed by atoms with van der Waals surface area (Å²) in [5.74, 6) is 0. The van der Waals surface area contributed by atoms with E-state index < -0.39 is 67.6 Å². The molecule has 0 unspecified atom stereocenters. The molecule has 1 aliphatic carbocycles. The van der Waals surface area contributed by atoms with Gasteiger partial charge in [-0.25, -0.2) is 33.7 Å². The maximum atomic E-state index is 12.4. The van der Waals surface area contributed by atoms with E-state index in [1.807, 2.05) is 0 Å². The van der Waals surface area contributed by atoms with Crippen LogP contribution in [-0.4, -0.2) is 71.5 Å². The lowest BCUT2D eigenvalue weighted by Gasteiger charge is -2.24. The van der Waals surface area contributed by atoms with Crippen LogP contribution in [0.4, 0.5) is 0 Å². The van der Waals surface area contributed by atoms with Crippen LogP contribution in [0.15, 0.2) is 0 Å². The summed E-state index contributed by atoms with van der Waals surface area (Å²) in [7, 11) is -16.8. The highest BCUT2D eigenvalue weighted by atomic mass is 32.3. The third-order valence-corrected chi connectivity index (χ3v) is 18.4. The van der Waals surface area contributed by atoms with E-state index >= 15 is 0 Å². The van der Waals surface area contributed by atoms with E-state index in [1.165, 1.54) is 48.5 Å². The zero-order valence-electron chi connectivity index (χ0n) is 23.7. The van der Waals surface area contributed by atoms with E-state index in [2.05, 4.69) is 9.58 Å². The summed E-state index contributed by atoms with van der Waals surface area (Å²) in [6.45, 7) is 13.0. The Morgan fingerprint density at radius 2 is 0.974 bits per heavy atom. The number of hydrogen-bond acceptors (Lipinski definition) is 8. The summed E-state index contributed by atoms with van der Waals surface area (Å²) in [5, 5.41) is -0.760. The van der Waals surface area contributed by atoms with Gasteiger partial charge in [0.05, 0.1) is 19.5 Å². The minimum Gasteiger partial charge on any atom is -0.359 e. The fourth-order valence-corrected chi connectivity index (χ4v) is 11.9. The lowest BCUT2D eigenvalue weighted by atomic mass is 10.0. The molecular weight excluding hydrogens is 577 g/mol. The average Bonchev–Trinajstić information content (AvgIpc) is 2.79. The molecule has 0 amide bonds. The van der Waals surface area contributed by atoms with E-state index in [9.17, 15) is 33.7 Å². The topological polar surface area (TPSA) is 209 Å². The summed E-state index contributed by atoms with van der Waals surface area (Å²) >= 11 is 0. The molecule has 0 aliphatic heterocycles. The molecule has 0 bridgehead atoms. The summed E-state index contributed by atoms with van der Waals surface area (Å²) in [4.78, 5) is 5.21. The van der Waals surface area contributed by atoms with Crippen molar-refractivity contribution in [1.29, 1.82) is 0 Å². The van der Waals surface area contributed by atoms with Gasteiger partial charge in [-0.1, -0.05) is 33.1 Å². The molecule has 0 spiro atoms. The molecule has 0 N–H and O–H groups in total. The number of sulfone groups is 4. The monoisotopic (exact) mass is 618 g/mol. The summed E-state index contributed by atoms with van der Waals surface area (Å²) < 4.78 is 92.3. The molecule has 0 saturated heterocycles. The van der Waals surface area contributed by atoms with Gasteiger partial charge in [-0.2, -0.15) is 0 Å². The number of nitrogens with zero attached hydrogens (tertiary/aromatic N) is 4. The Morgan fingerprint density at radius 1 is 0.632 bits per heavy atom. The van der Waals surface area contributed by atoms with Crippen LogP contribution >= 0.6 is 0 Å². The molecule has 16 heteroatoms. The molecule has 0 radical (unpaired) electrons. The molecule has 1 fully saturated rings. The predicted molar refractivity (Wildman–Crippen MR) is 148 cm³/mol. The van der Waals surface area contributed by atoms with Crippen molar-refractivity contribution >= 4 is 48.1 Å². The molecule has 1 rings (SSSR count). The first-order valence-electron chi connectivity index (χ1n) is 12.3. The highest BCUT2D eigenvalue weighted by molar-refractivity contribution is 8.32. The standard InChI is InChI=1S/C11H20N2O4S2.C11H22N2O4S2/c1-11(2,3)19(16,17)10(13-12)18(14,15)9-7-5-4-6-8-9;1-7-10(3,4)18(14,15)9(13-12)19(16,17)11(5,6)8-2/h9H,4-8H2,1-3H3;7-8H2,1-6H3. The summed E-state index contributed by atoms with van der Waals surface area (Å²) in [5.41, 5.74) is 17.9. The molecular formula is C22H42N4O8S4. The quantitative estimate of drug-likeness (QED) is 0.193. The van der Waals surface area contributed by atoms with Gasteiger partial charge in [0.25, 0.3) is 39.3 Å². The fourth-order valence-electron chi connectivity index (χ4n) is 3.15. The predicted octanol–water partition coefficient (Wildman–Crippen LogP) is 3.31. The maximum absolute atomic E-state index is 12.4. The maximum Gasteiger partial charge on any atom is 0.496 e. The van der Waals surface area contributed by atoms with E-state index in [0.717, 1.165) is 19.3 Å². The van der Waals surface area contributed by atoms with Crippen molar-refractivity contribution in [1.82, 2.24) is 0 Å². The molecule has 0 heterocycles. The molecule has 12 nitrogen and oxygen atoms in total. The first-order valence-corrected chi connectivity index (χ1v) is 18.3. The molecule has 0 aromatic heterocycles. The molecule has 1 aliphatic rings. The van der Waals surface area contributed by atoms with Crippen molar-refractivity contribution < 1.29 is 43.3 Å². The van der Waals surface area contributed by atoms with Crippen LogP contribution in [-0.2, 0) is 39.3 Å². The highest BCUT2D eigenvalue weighted by Gasteiger charge is 2.55. The van der Waals surface area contributed by atoms with Crippen molar-refractivity contribution in [3.8, 4) is 0 Å².